The Morgan fingerprint density at radius 3 is 2.59 bits per heavy atom. The summed E-state index contributed by atoms with van der Waals surface area (Å²) in [5, 5.41) is 8.87. The molecule has 1 amide bonds. The maximum atomic E-state index is 12.8. The van der Waals surface area contributed by atoms with Crippen molar-refractivity contribution in [3.63, 3.8) is 0 Å². The summed E-state index contributed by atoms with van der Waals surface area (Å²) in [6.07, 6.45) is 0. The van der Waals surface area contributed by atoms with Crippen LogP contribution in [0.15, 0.2) is 70.3 Å². The molecule has 0 aliphatic heterocycles. The molecular weight excluding hydrogens is 448 g/mol. The lowest BCUT2D eigenvalue weighted by atomic mass is 10.2. The lowest BCUT2D eigenvalue weighted by molar-refractivity contribution is 0.0999. The molecule has 4 aromatic rings. The fourth-order valence-corrected chi connectivity index (χ4v) is 4.02. The minimum Gasteiger partial charge on any atom is -0.411 e. The standard InChI is InChI=1S/C23H19ClN4O3S/c1-14-11-19(15(2)28(14)27-21(30)16-7-4-3-5-8-16)20(29)13-32-23-26-25-22(31-23)17-9-6-10-18(24)12-17/h3-12H,13H2,1-2H3,(H,27,30). The molecule has 2 aromatic heterocycles. The first-order valence-electron chi connectivity index (χ1n) is 9.73. The van der Waals surface area contributed by atoms with Crippen molar-refractivity contribution < 1.29 is 14.0 Å². The average Bonchev–Trinajstić information content (AvgIpc) is 3.38. The van der Waals surface area contributed by atoms with Crippen LogP contribution in [-0.2, 0) is 0 Å². The number of carbonyl (C=O) groups excluding carboxylic acids is 2. The molecule has 4 rings (SSSR count). The van der Waals surface area contributed by atoms with Crippen molar-refractivity contribution in [2.45, 2.75) is 19.1 Å². The predicted octanol–water partition coefficient (Wildman–Crippen LogP) is 5.17. The predicted molar refractivity (Wildman–Crippen MR) is 124 cm³/mol. The molecule has 0 saturated heterocycles. The number of halogens is 1. The van der Waals surface area contributed by atoms with Gasteiger partial charge in [0.25, 0.3) is 11.1 Å². The Hall–Kier alpha value is -3.36. The Morgan fingerprint density at radius 1 is 1.06 bits per heavy atom. The van der Waals surface area contributed by atoms with E-state index in [2.05, 4.69) is 15.6 Å². The normalized spacial score (nSPS) is 10.8. The molecule has 2 aromatic carbocycles. The smallest absolute Gasteiger partial charge is 0.277 e. The van der Waals surface area contributed by atoms with Crippen molar-refractivity contribution in [1.82, 2.24) is 14.9 Å². The van der Waals surface area contributed by atoms with Crippen LogP contribution >= 0.6 is 23.4 Å². The van der Waals surface area contributed by atoms with E-state index in [1.807, 2.05) is 19.1 Å². The average molecular weight is 467 g/mol. The minimum absolute atomic E-state index is 0.106. The van der Waals surface area contributed by atoms with E-state index in [-0.39, 0.29) is 17.4 Å². The topological polar surface area (TPSA) is 90.0 Å². The Bertz CT molecular complexity index is 1280. The van der Waals surface area contributed by atoms with Gasteiger partial charge in [0.1, 0.15) is 0 Å². The fourth-order valence-electron chi connectivity index (χ4n) is 3.18. The van der Waals surface area contributed by atoms with Gasteiger partial charge >= 0.3 is 0 Å². The van der Waals surface area contributed by atoms with Gasteiger partial charge in [-0.25, -0.2) is 0 Å². The number of nitrogens with one attached hydrogen (secondary N) is 1. The number of aromatic nitrogens is 3. The molecule has 7 nitrogen and oxygen atoms in total. The summed E-state index contributed by atoms with van der Waals surface area (Å²) >= 11 is 7.16. The number of ketones is 1. The number of hydrogen-bond acceptors (Lipinski definition) is 6. The van der Waals surface area contributed by atoms with E-state index in [4.69, 9.17) is 16.0 Å². The third-order valence-electron chi connectivity index (χ3n) is 4.79. The number of amides is 1. The van der Waals surface area contributed by atoms with Crippen LogP contribution < -0.4 is 5.43 Å². The number of aryl methyl sites for hydroxylation is 1. The largest absolute Gasteiger partial charge is 0.411 e. The summed E-state index contributed by atoms with van der Waals surface area (Å²) in [5.74, 6) is 0.101. The quantitative estimate of drug-likeness (QED) is 0.298. The maximum absolute atomic E-state index is 12.8. The highest BCUT2D eigenvalue weighted by molar-refractivity contribution is 7.99. The number of thioether (sulfide) groups is 1. The Kier molecular flexibility index (Phi) is 6.43. The third-order valence-corrected chi connectivity index (χ3v) is 5.84. The van der Waals surface area contributed by atoms with Crippen LogP contribution in [0.4, 0.5) is 0 Å². The number of carbonyl (C=O) groups is 2. The molecule has 0 atom stereocenters. The molecule has 32 heavy (non-hydrogen) atoms. The SMILES string of the molecule is Cc1cc(C(=O)CSc2nnc(-c3cccc(Cl)c3)o2)c(C)n1NC(=O)c1ccccc1. The lowest BCUT2D eigenvalue weighted by Crippen LogP contribution is -2.25. The van der Waals surface area contributed by atoms with Crippen molar-refractivity contribution in [3.05, 3.63) is 88.2 Å². The maximum Gasteiger partial charge on any atom is 0.277 e. The zero-order valence-electron chi connectivity index (χ0n) is 17.3. The summed E-state index contributed by atoms with van der Waals surface area (Å²) in [6, 6.07) is 17.8. The van der Waals surface area contributed by atoms with E-state index in [1.165, 1.54) is 0 Å². The van der Waals surface area contributed by atoms with E-state index in [0.29, 0.717) is 38.5 Å². The molecule has 1 N–H and O–H groups in total. The van der Waals surface area contributed by atoms with E-state index < -0.39 is 0 Å². The first-order chi connectivity index (χ1) is 15.4. The van der Waals surface area contributed by atoms with Crippen molar-refractivity contribution in [1.29, 1.82) is 0 Å². The van der Waals surface area contributed by atoms with Gasteiger partial charge in [-0.3, -0.25) is 19.7 Å². The van der Waals surface area contributed by atoms with E-state index in [1.54, 1.807) is 60.1 Å². The third kappa shape index (κ3) is 4.76. The number of benzene rings is 2. The molecular formula is C23H19ClN4O3S. The van der Waals surface area contributed by atoms with Crippen LogP contribution in [0.2, 0.25) is 5.02 Å². The van der Waals surface area contributed by atoms with Gasteiger partial charge in [-0.2, -0.15) is 0 Å². The van der Waals surface area contributed by atoms with Crippen LogP contribution in [0.25, 0.3) is 11.5 Å². The molecule has 0 saturated carbocycles. The van der Waals surface area contributed by atoms with Crippen LogP contribution in [0.1, 0.15) is 32.1 Å². The Morgan fingerprint density at radius 2 is 1.84 bits per heavy atom. The van der Waals surface area contributed by atoms with Crippen LogP contribution in [0.3, 0.4) is 0 Å². The van der Waals surface area contributed by atoms with Crippen LogP contribution in [-0.4, -0.2) is 32.3 Å². The zero-order chi connectivity index (χ0) is 22.7. The molecule has 0 aliphatic rings. The van der Waals surface area contributed by atoms with Crippen molar-refractivity contribution >= 4 is 35.1 Å². The van der Waals surface area contributed by atoms with Crippen molar-refractivity contribution in [3.8, 4) is 11.5 Å². The minimum atomic E-state index is -0.250. The summed E-state index contributed by atoms with van der Waals surface area (Å²) < 4.78 is 7.26. The molecule has 0 spiro atoms. The van der Waals surface area contributed by atoms with Crippen molar-refractivity contribution in [2.75, 3.05) is 11.2 Å². The Labute approximate surface area is 193 Å². The van der Waals surface area contributed by atoms with Gasteiger partial charge in [-0.05, 0) is 50.2 Å². The second kappa shape index (κ2) is 9.42. The Balaban J connectivity index is 1.43. The van der Waals surface area contributed by atoms with E-state index in [9.17, 15) is 9.59 Å². The van der Waals surface area contributed by atoms with Gasteiger partial charge < -0.3 is 4.42 Å². The van der Waals surface area contributed by atoms with E-state index >= 15 is 0 Å². The first kappa shape index (κ1) is 21.9. The molecule has 0 unspecified atom stereocenters. The highest BCUT2D eigenvalue weighted by Crippen LogP contribution is 2.26. The summed E-state index contributed by atoms with van der Waals surface area (Å²) in [6.45, 7) is 3.62. The van der Waals surface area contributed by atoms with E-state index in [0.717, 1.165) is 17.5 Å². The highest BCUT2D eigenvalue weighted by atomic mass is 35.5. The summed E-state index contributed by atoms with van der Waals surface area (Å²) in [5.41, 5.74) is 6.02. The molecule has 0 aliphatic carbocycles. The van der Waals surface area contributed by atoms with Gasteiger partial charge in [-0.15, -0.1) is 10.2 Å². The zero-order valence-corrected chi connectivity index (χ0v) is 18.9. The van der Waals surface area contributed by atoms with Gasteiger partial charge in [0.2, 0.25) is 5.89 Å². The second-order valence-electron chi connectivity index (χ2n) is 7.02. The highest BCUT2D eigenvalue weighted by Gasteiger charge is 2.19. The number of nitrogens with zero attached hydrogens (tertiary/aromatic N) is 3. The first-order valence-corrected chi connectivity index (χ1v) is 11.1. The molecule has 2 heterocycles. The van der Waals surface area contributed by atoms with Gasteiger partial charge in [0.15, 0.2) is 5.78 Å². The molecule has 162 valence electrons. The molecule has 0 radical (unpaired) electrons. The molecule has 0 bridgehead atoms. The van der Waals surface area contributed by atoms with Gasteiger partial charge in [0, 0.05) is 33.1 Å². The summed E-state index contributed by atoms with van der Waals surface area (Å²) in [7, 11) is 0. The number of Topliss-reactive ketones (excluding diaryl/α,β-unsaturated/α-hetero) is 1. The lowest BCUT2D eigenvalue weighted by Gasteiger charge is -2.11. The van der Waals surface area contributed by atoms with Gasteiger partial charge in [-0.1, -0.05) is 47.6 Å². The number of rotatable bonds is 7. The fraction of sp³-hybridized carbons (Fsp3) is 0.130. The van der Waals surface area contributed by atoms with Crippen molar-refractivity contribution in [2.24, 2.45) is 0 Å². The van der Waals surface area contributed by atoms with Gasteiger partial charge in [0.05, 0.1) is 5.75 Å². The molecule has 0 fully saturated rings. The van der Waals surface area contributed by atoms with Crippen LogP contribution in [0.5, 0.6) is 0 Å². The van der Waals surface area contributed by atoms with Crippen LogP contribution in [0, 0.1) is 13.8 Å². The second-order valence-corrected chi connectivity index (χ2v) is 8.39. The molecule has 9 heteroatoms. The number of hydrogen-bond donors (Lipinski definition) is 1. The monoisotopic (exact) mass is 466 g/mol. The summed E-state index contributed by atoms with van der Waals surface area (Å²) in [4.78, 5) is 25.3.